The summed E-state index contributed by atoms with van der Waals surface area (Å²) < 4.78 is 0. The van der Waals surface area contributed by atoms with Crippen LogP contribution in [-0.2, 0) is 16.0 Å². The van der Waals surface area contributed by atoms with Crippen LogP contribution in [0.5, 0.6) is 0 Å². The van der Waals surface area contributed by atoms with Gasteiger partial charge in [-0.25, -0.2) is 0 Å². The van der Waals surface area contributed by atoms with Crippen molar-refractivity contribution in [1.82, 2.24) is 10.2 Å². The molecule has 0 spiro atoms. The van der Waals surface area contributed by atoms with Crippen LogP contribution in [0.3, 0.4) is 0 Å². The molecule has 1 aliphatic rings. The number of hydrogen-bond donors (Lipinski definition) is 2. The molecule has 1 heterocycles. The molecule has 1 fully saturated rings. The van der Waals surface area contributed by atoms with Gasteiger partial charge >= 0.3 is 0 Å². The van der Waals surface area contributed by atoms with Crippen molar-refractivity contribution in [2.45, 2.75) is 12.8 Å². The van der Waals surface area contributed by atoms with Crippen molar-refractivity contribution in [2.75, 3.05) is 50.0 Å². The van der Waals surface area contributed by atoms with E-state index >= 15 is 0 Å². The summed E-state index contributed by atoms with van der Waals surface area (Å²) in [5.74, 6) is -0.563. The van der Waals surface area contributed by atoms with Gasteiger partial charge in [0.05, 0.1) is 0 Å². The van der Waals surface area contributed by atoms with Gasteiger partial charge in [0.2, 0.25) is 11.8 Å². The van der Waals surface area contributed by atoms with Crippen molar-refractivity contribution in [2.24, 2.45) is 0 Å². The first-order chi connectivity index (χ1) is 13.6. The number of amides is 2. The van der Waals surface area contributed by atoms with Gasteiger partial charge in [0, 0.05) is 44.1 Å². The molecule has 3 rings (SSSR count). The monoisotopic (exact) mass is 380 g/mol. The van der Waals surface area contributed by atoms with Crippen LogP contribution in [0.1, 0.15) is 12.0 Å². The quantitative estimate of drug-likeness (QED) is 0.723. The van der Waals surface area contributed by atoms with Gasteiger partial charge in [-0.2, -0.15) is 0 Å². The van der Waals surface area contributed by atoms with Crippen LogP contribution in [-0.4, -0.2) is 56.5 Å². The lowest BCUT2D eigenvalue weighted by Crippen LogP contribution is -2.44. The van der Waals surface area contributed by atoms with Gasteiger partial charge < -0.3 is 20.4 Å². The van der Waals surface area contributed by atoms with Gasteiger partial charge in [0.15, 0.2) is 0 Å². The number of nitrogens with one attached hydrogen (secondary N) is 2. The van der Waals surface area contributed by atoms with Crippen LogP contribution < -0.4 is 15.5 Å². The maximum atomic E-state index is 12.1. The molecule has 0 atom stereocenters. The van der Waals surface area contributed by atoms with E-state index in [1.165, 1.54) is 0 Å². The van der Waals surface area contributed by atoms with Gasteiger partial charge in [-0.05, 0) is 43.3 Å². The molecule has 0 radical (unpaired) electrons. The third-order valence-electron chi connectivity index (χ3n) is 4.92. The minimum atomic E-state index is -0.301. The van der Waals surface area contributed by atoms with E-state index in [-0.39, 0.29) is 18.2 Å². The minimum absolute atomic E-state index is 0.172. The molecular weight excluding hydrogens is 352 g/mol. The summed E-state index contributed by atoms with van der Waals surface area (Å²) in [4.78, 5) is 28.7. The minimum Gasteiger partial charge on any atom is -0.369 e. The Hall–Kier alpha value is -2.86. The third kappa shape index (κ3) is 6.09. The van der Waals surface area contributed by atoms with Crippen molar-refractivity contribution in [3.05, 3.63) is 60.2 Å². The molecule has 0 aliphatic carbocycles. The van der Waals surface area contributed by atoms with E-state index in [1.807, 2.05) is 54.6 Å². The van der Waals surface area contributed by atoms with E-state index < -0.39 is 0 Å². The lowest BCUT2D eigenvalue weighted by Gasteiger charge is -2.34. The molecule has 2 amide bonds. The Kier molecular flexibility index (Phi) is 7.03. The molecule has 1 saturated heterocycles. The van der Waals surface area contributed by atoms with E-state index in [0.717, 1.165) is 43.9 Å². The van der Waals surface area contributed by atoms with E-state index in [9.17, 15) is 9.59 Å². The summed E-state index contributed by atoms with van der Waals surface area (Å²) >= 11 is 0. The van der Waals surface area contributed by atoms with E-state index in [1.54, 1.807) is 0 Å². The number of hydrogen-bond acceptors (Lipinski definition) is 4. The van der Waals surface area contributed by atoms with Crippen molar-refractivity contribution in [3.8, 4) is 0 Å². The molecule has 1 aliphatic heterocycles. The predicted octanol–water partition coefficient (Wildman–Crippen LogP) is 2.13. The largest absolute Gasteiger partial charge is 0.369 e. The number of nitrogens with zero attached hydrogens (tertiary/aromatic N) is 2. The second-order valence-corrected chi connectivity index (χ2v) is 7.15. The zero-order valence-electron chi connectivity index (χ0n) is 16.4. The summed E-state index contributed by atoms with van der Waals surface area (Å²) in [5.41, 5.74) is 3.03. The summed E-state index contributed by atoms with van der Waals surface area (Å²) in [6.07, 6.45) is 0.580. The number of benzene rings is 2. The van der Waals surface area contributed by atoms with Crippen molar-refractivity contribution in [3.63, 3.8) is 0 Å². The first kappa shape index (κ1) is 19.9. The Morgan fingerprint density at radius 2 is 1.57 bits per heavy atom. The van der Waals surface area contributed by atoms with Crippen LogP contribution >= 0.6 is 0 Å². The van der Waals surface area contributed by atoms with Gasteiger partial charge in [-0.3, -0.25) is 9.59 Å². The highest BCUT2D eigenvalue weighted by Crippen LogP contribution is 2.19. The van der Waals surface area contributed by atoms with Gasteiger partial charge in [0.25, 0.3) is 0 Å². The molecule has 6 heteroatoms. The Bertz CT molecular complexity index is 769. The van der Waals surface area contributed by atoms with Gasteiger partial charge in [0.1, 0.15) is 6.42 Å². The highest BCUT2D eigenvalue weighted by molar-refractivity contribution is 6.03. The number of piperazine rings is 1. The Morgan fingerprint density at radius 3 is 2.25 bits per heavy atom. The molecule has 0 unspecified atom stereocenters. The van der Waals surface area contributed by atoms with Crippen LogP contribution in [0, 0.1) is 0 Å². The molecule has 28 heavy (non-hydrogen) atoms. The average molecular weight is 380 g/mol. The first-order valence-corrected chi connectivity index (χ1v) is 9.74. The SMILES string of the molecule is CN1CCN(c2ccc(NC(=O)CC(=O)NCCc3ccccc3)cc2)CC1. The van der Waals surface area contributed by atoms with Crippen molar-refractivity contribution in [1.29, 1.82) is 0 Å². The lowest BCUT2D eigenvalue weighted by atomic mass is 10.1. The number of carbonyl (C=O) groups is 2. The summed E-state index contributed by atoms with van der Waals surface area (Å²) in [6.45, 7) is 4.64. The van der Waals surface area contributed by atoms with Crippen molar-refractivity contribution >= 4 is 23.2 Å². The van der Waals surface area contributed by atoms with Crippen molar-refractivity contribution < 1.29 is 9.59 Å². The fraction of sp³-hybridized carbons (Fsp3) is 0.364. The Morgan fingerprint density at radius 1 is 0.893 bits per heavy atom. The fourth-order valence-electron chi connectivity index (χ4n) is 3.22. The zero-order chi connectivity index (χ0) is 19.8. The topological polar surface area (TPSA) is 64.7 Å². The second kappa shape index (κ2) is 9.90. The lowest BCUT2D eigenvalue weighted by molar-refractivity contribution is -0.126. The highest BCUT2D eigenvalue weighted by Gasteiger charge is 2.14. The van der Waals surface area contributed by atoms with E-state index in [2.05, 4.69) is 27.5 Å². The normalized spacial score (nSPS) is 14.5. The smallest absolute Gasteiger partial charge is 0.233 e. The average Bonchev–Trinajstić information content (AvgIpc) is 2.70. The summed E-state index contributed by atoms with van der Waals surface area (Å²) in [6, 6.07) is 17.7. The number of rotatable bonds is 7. The molecule has 0 aromatic heterocycles. The van der Waals surface area contributed by atoms with Gasteiger partial charge in [-0.1, -0.05) is 30.3 Å². The summed E-state index contributed by atoms with van der Waals surface area (Å²) in [7, 11) is 2.13. The molecule has 2 aromatic carbocycles. The molecule has 0 saturated carbocycles. The number of anilines is 2. The highest BCUT2D eigenvalue weighted by atomic mass is 16.2. The van der Waals surface area contributed by atoms with E-state index in [0.29, 0.717) is 12.2 Å². The molecule has 2 N–H and O–H groups in total. The third-order valence-corrected chi connectivity index (χ3v) is 4.92. The number of carbonyl (C=O) groups excluding carboxylic acids is 2. The Balaban J connectivity index is 1.39. The van der Waals surface area contributed by atoms with Gasteiger partial charge in [-0.15, -0.1) is 0 Å². The van der Waals surface area contributed by atoms with Crippen LogP contribution in [0.4, 0.5) is 11.4 Å². The summed E-state index contributed by atoms with van der Waals surface area (Å²) in [5, 5.41) is 5.58. The molecule has 0 bridgehead atoms. The second-order valence-electron chi connectivity index (χ2n) is 7.15. The molecule has 6 nitrogen and oxygen atoms in total. The fourth-order valence-corrected chi connectivity index (χ4v) is 3.22. The maximum absolute atomic E-state index is 12.1. The Labute approximate surface area is 166 Å². The predicted molar refractivity (Wildman–Crippen MR) is 113 cm³/mol. The zero-order valence-corrected chi connectivity index (χ0v) is 16.4. The van der Waals surface area contributed by atoms with E-state index in [4.69, 9.17) is 0 Å². The first-order valence-electron chi connectivity index (χ1n) is 9.74. The molecular formula is C22H28N4O2. The van der Waals surface area contributed by atoms with Crippen LogP contribution in [0.15, 0.2) is 54.6 Å². The number of likely N-dealkylation sites (N-methyl/N-ethyl adjacent to an activating group) is 1. The van der Waals surface area contributed by atoms with Crippen LogP contribution in [0.2, 0.25) is 0 Å². The van der Waals surface area contributed by atoms with Crippen LogP contribution in [0.25, 0.3) is 0 Å². The standard InChI is InChI=1S/C22H28N4O2/c1-25-13-15-26(16-14-25)20-9-7-19(8-10-20)24-22(28)17-21(27)23-12-11-18-5-3-2-4-6-18/h2-10H,11-17H2,1H3,(H,23,27)(H,24,28). The molecule has 2 aromatic rings. The molecule has 148 valence electrons. The maximum Gasteiger partial charge on any atom is 0.233 e.